The van der Waals surface area contributed by atoms with Gasteiger partial charge in [-0.2, -0.15) is 13.2 Å². The summed E-state index contributed by atoms with van der Waals surface area (Å²) in [5.41, 5.74) is -0.838. The maximum absolute atomic E-state index is 12.4. The van der Waals surface area contributed by atoms with Crippen molar-refractivity contribution in [1.82, 2.24) is 10.2 Å². The highest BCUT2D eigenvalue weighted by Gasteiger charge is 2.48. The zero-order valence-corrected chi connectivity index (χ0v) is 12.2. The molecule has 7 heteroatoms. The highest BCUT2D eigenvalue weighted by Crippen LogP contribution is 2.34. The summed E-state index contributed by atoms with van der Waals surface area (Å²) in [7, 11) is 1.45. The molecule has 0 aliphatic heterocycles. The maximum atomic E-state index is 12.4. The average molecular weight is 296 g/mol. The van der Waals surface area contributed by atoms with Gasteiger partial charge in [-0.15, -0.1) is 0 Å². The third-order valence-corrected chi connectivity index (χ3v) is 3.72. The topological polar surface area (TPSA) is 41.6 Å². The minimum Gasteiger partial charge on any atom is -0.465 e. The highest BCUT2D eigenvalue weighted by molar-refractivity contribution is 5.81. The van der Waals surface area contributed by atoms with E-state index in [9.17, 15) is 18.0 Å². The molecule has 0 aromatic rings. The van der Waals surface area contributed by atoms with Gasteiger partial charge in [0.2, 0.25) is 0 Å². The smallest absolute Gasteiger partial charge is 0.401 e. The van der Waals surface area contributed by atoms with Crippen molar-refractivity contribution in [3.8, 4) is 0 Å². The summed E-state index contributed by atoms with van der Waals surface area (Å²) in [6.45, 7) is 3.49. The molecule has 2 unspecified atom stereocenters. The Bertz CT molecular complexity index is 336. The van der Waals surface area contributed by atoms with Crippen molar-refractivity contribution >= 4 is 5.97 Å². The Hall–Kier alpha value is -0.820. The van der Waals surface area contributed by atoms with Gasteiger partial charge in [-0.25, -0.2) is 0 Å². The van der Waals surface area contributed by atoms with Crippen molar-refractivity contribution in [1.29, 1.82) is 0 Å². The minimum atomic E-state index is -4.22. The SMILES string of the molecule is CCNC1(C(=O)OCC)CCC(N(C)CC(F)(F)F)C1. The summed E-state index contributed by atoms with van der Waals surface area (Å²) >= 11 is 0. The Morgan fingerprint density at radius 3 is 2.60 bits per heavy atom. The number of carbonyl (C=O) groups is 1. The first-order valence-corrected chi connectivity index (χ1v) is 6.93. The minimum absolute atomic E-state index is 0.264. The number of likely N-dealkylation sites (N-methyl/N-ethyl adjacent to an activating group) is 1. The van der Waals surface area contributed by atoms with E-state index in [-0.39, 0.29) is 18.6 Å². The number of ether oxygens (including phenoxy) is 1. The van der Waals surface area contributed by atoms with Crippen molar-refractivity contribution < 1.29 is 22.7 Å². The fraction of sp³-hybridized carbons (Fsp3) is 0.923. The third kappa shape index (κ3) is 4.34. The molecular formula is C13H23F3N2O2. The fourth-order valence-electron chi connectivity index (χ4n) is 2.83. The van der Waals surface area contributed by atoms with E-state index in [0.717, 1.165) is 0 Å². The van der Waals surface area contributed by atoms with Crippen LogP contribution in [0.25, 0.3) is 0 Å². The first-order valence-electron chi connectivity index (χ1n) is 6.93. The van der Waals surface area contributed by atoms with Crippen LogP contribution in [0, 0.1) is 0 Å². The Morgan fingerprint density at radius 1 is 1.45 bits per heavy atom. The zero-order valence-electron chi connectivity index (χ0n) is 12.2. The molecule has 0 amide bonds. The van der Waals surface area contributed by atoms with Gasteiger partial charge >= 0.3 is 12.1 Å². The number of nitrogens with zero attached hydrogens (tertiary/aromatic N) is 1. The lowest BCUT2D eigenvalue weighted by Gasteiger charge is -2.30. The third-order valence-electron chi connectivity index (χ3n) is 3.72. The van der Waals surface area contributed by atoms with Crippen molar-refractivity contribution in [3.05, 3.63) is 0 Å². The van der Waals surface area contributed by atoms with Crippen LogP contribution < -0.4 is 5.32 Å². The van der Waals surface area contributed by atoms with Crippen LogP contribution in [0.1, 0.15) is 33.1 Å². The molecule has 0 saturated heterocycles. The first kappa shape index (κ1) is 17.2. The molecule has 0 aromatic carbocycles. The lowest BCUT2D eigenvalue weighted by molar-refractivity contribution is -0.152. The molecule has 0 heterocycles. The number of alkyl halides is 3. The lowest BCUT2D eigenvalue weighted by Crippen LogP contribution is -2.52. The number of esters is 1. The van der Waals surface area contributed by atoms with E-state index in [2.05, 4.69) is 5.32 Å². The predicted molar refractivity (Wildman–Crippen MR) is 69.4 cm³/mol. The summed E-state index contributed by atoms with van der Waals surface area (Å²) in [6.07, 6.45) is -2.81. The van der Waals surface area contributed by atoms with Gasteiger partial charge in [0, 0.05) is 6.04 Å². The van der Waals surface area contributed by atoms with Crippen LogP contribution in [0.3, 0.4) is 0 Å². The standard InChI is InChI=1S/C13H23F3N2O2/c1-4-17-12(11(19)20-5-2)7-6-10(8-12)18(3)9-13(14,15)16/h10,17H,4-9H2,1-3H3. The molecular weight excluding hydrogens is 273 g/mol. The largest absolute Gasteiger partial charge is 0.465 e. The van der Waals surface area contributed by atoms with Gasteiger partial charge in [0.05, 0.1) is 13.2 Å². The van der Waals surface area contributed by atoms with E-state index in [4.69, 9.17) is 4.74 Å². The van der Waals surface area contributed by atoms with Crippen molar-refractivity contribution in [2.75, 3.05) is 26.7 Å². The Kier molecular flexibility index (Phi) is 5.82. The number of rotatable bonds is 6. The lowest BCUT2D eigenvalue weighted by atomic mass is 9.97. The maximum Gasteiger partial charge on any atom is 0.401 e. The summed E-state index contributed by atoms with van der Waals surface area (Å²) in [5.74, 6) is -0.357. The molecule has 0 radical (unpaired) electrons. The van der Waals surface area contributed by atoms with Crippen LogP contribution in [0.4, 0.5) is 13.2 Å². The van der Waals surface area contributed by atoms with E-state index < -0.39 is 18.3 Å². The number of nitrogens with one attached hydrogen (secondary N) is 1. The van der Waals surface area contributed by atoms with Crippen LogP contribution in [0.5, 0.6) is 0 Å². The van der Waals surface area contributed by atoms with Gasteiger partial charge in [-0.05, 0) is 39.8 Å². The molecule has 20 heavy (non-hydrogen) atoms. The second kappa shape index (κ2) is 6.76. The quantitative estimate of drug-likeness (QED) is 0.761. The van der Waals surface area contributed by atoms with Gasteiger partial charge in [0.15, 0.2) is 0 Å². The summed E-state index contributed by atoms with van der Waals surface area (Å²) in [5, 5.41) is 3.11. The van der Waals surface area contributed by atoms with E-state index in [1.54, 1.807) is 6.92 Å². The van der Waals surface area contributed by atoms with E-state index in [0.29, 0.717) is 25.8 Å². The van der Waals surface area contributed by atoms with Gasteiger partial charge in [0.1, 0.15) is 5.54 Å². The second-order valence-electron chi connectivity index (χ2n) is 5.26. The van der Waals surface area contributed by atoms with Crippen LogP contribution >= 0.6 is 0 Å². The van der Waals surface area contributed by atoms with Gasteiger partial charge in [-0.1, -0.05) is 6.92 Å². The molecule has 1 aliphatic carbocycles. The summed E-state index contributed by atoms with van der Waals surface area (Å²) in [4.78, 5) is 13.4. The number of hydrogen-bond acceptors (Lipinski definition) is 4. The summed E-state index contributed by atoms with van der Waals surface area (Å²) < 4.78 is 42.4. The highest BCUT2D eigenvalue weighted by atomic mass is 19.4. The van der Waals surface area contributed by atoms with Crippen molar-refractivity contribution in [2.24, 2.45) is 0 Å². The zero-order chi connectivity index (χ0) is 15.4. The van der Waals surface area contributed by atoms with Crippen molar-refractivity contribution in [3.63, 3.8) is 0 Å². The molecule has 0 bridgehead atoms. The van der Waals surface area contributed by atoms with E-state index in [1.165, 1.54) is 11.9 Å². The molecule has 1 saturated carbocycles. The van der Waals surface area contributed by atoms with Gasteiger partial charge in [-0.3, -0.25) is 9.69 Å². The molecule has 1 N–H and O–H groups in total. The molecule has 1 fully saturated rings. The molecule has 1 aliphatic rings. The Morgan fingerprint density at radius 2 is 2.10 bits per heavy atom. The summed E-state index contributed by atoms with van der Waals surface area (Å²) in [6, 6.07) is -0.264. The van der Waals surface area contributed by atoms with Crippen molar-refractivity contribution in [2.45, 2.75) is 50.9 Å². The predicted octanol–water partition coefficient (Wildman–Crippen LogP) is 1.94. The number of carbonyl (C=O) groups excluding carboxylic acids is 1. The average Bonchev–Trinajstić information content (AvgIpc) is 2.73. The van der Waals surface area contributed by atoms with Crippen LogP contribution in [-0.2, 0) is 9.53 Å². The molecule has 0 spiro atoms. The Labute approximate surface area is 117 Å². The van der Waals surface area contributed by atoms with E-state index in [1.807, 2.05) is 6.92 Å². The Balaban J connectivity index is 2.72. The van der Waals surface area contributed by atoms with Gasteiger partial charge < -0.3 is 10.1 Å². The molecule has 4 nitrogen and oxygen atoms in total. The number of hydrogen-bond donors (Lipinski definition) is 1. The van der Waals surface area contributed by atoms with E-state index >= 15 is 0 Å². The molecule has 118 valence electrons. The fourth-order valence-corrected chi connectivity index (χ4v) is 2.83. The first-order chi connectivity index (χ1) is 9.24. The molecule has 0 aromatic heterocycles. The number of halogens is 3. The van der Waals surface area contributed by atoms with Crippen LogP contribution in [0.2, 0.25) is 0 Å². The molecule has 2 atom stereocenters. The monoisotopic (exact) mass is 296 g/mol. The molecule has 1 rings (SSSR count). The van der Waals surface area contributed by atoms with Crippen LogP contribution in [-0.4, -0.2) is 55.4 Å². The second-order valence-corrected chi connectivity index (χ2v) is 5.26. The normalized spacial score (nSPS) is 27.1. The van der Waals surface area contributed by atoms with Gasteiger partial charge in [0.25, 0.3) is 0 Å². The van der Waals surface area contributed by atoms with Crippen LogP contribution in [0.15, 0.2) is 0 Å².